The summed E-state index contributed by atoms with van der Waals surface area (Å²) in [7, 11) is 1.62. The smallest absolute Gasteiger partial charge is 0.259 e. The second-order valence-corrected chi connectivity index (χ2v) is 6.00. The molecule has 0 aromatic heterocycles. The van der Waals surface area contributed by atoms with Gasteiger partial charge in [0, 0.05) is 12.8 Å². The zero-order chi connectivity index (χ0) is 19.1. The van der Waals surface area contributed by atoms with Crippen LogP contribution in [0.15, 0.2) is 72.8 Å². The Balaban J connectivity index is 1.71. The molecule has 0 radical (unpaired) electrons. The fourth-order valence-corrected chi connectivity index (χ4v) is 2.63. The predicted octanol–water partition coefficient (Wildman–Crippen LogP) is 4.80. The van der Waals surface area contributed by atoms with Gasteiger partial charge in [-0.3, -0.25) is 4.79 Å². The molecule has 27 heavy (non-hydrogen) atoms. The number of carbonyl (C=O) groups excluding carboxylic acids is 1. The molecule has 0 unspecified atom stereocenters. The van der Waals surface area contributed by atoms with Gasteiger partial charge >= 0.3 is 0 Å². The third-order valence-electron chi connectivity index (χ3n) is 3.94. The van der Waals surface area contributed by atoms with Crippen LogP contribution in [-0.4, -0.2) is 13.0 Å². The lowest BCUT2D eigenvalue weighted by Crippen LogP contribution is -2.14. The molecule has 0 saturated carbocycles. The molecule has 0 aliphatic heterocycles. The predicted molar refractivity (Wildman–Crippen MR) is 102 cm³/mol. The minimum atomic E-state index is -0.297. The third kappa shape index (κ3) is 5.15. The number of para-hydroxylation sites is 1. The summed E-state index contributed by atoms with van der Waals surface area (Å²) in [5.74, 6) is -0.0964. The van der Waals surface area contributed by atoms with E-state index in [0.29, 0.717) is 23.6 Å². The van der Waals surface area contributed by atoms with Crippen LogP contribution in [0.2, 0.25) is 0 Å². The van der Waals surface area contributed by atoms with Crippen molar-refractivity contribution >= 4 is 11.6 Å². The standard InChI is InChI=1S/C22H20FNO3/c1-26-14-17-5-4-6-19(13-17)24-22(25)20-7-2-3-8-21(20)27-15-16-9-11-18(23)12-10-16/h2-13H,14-15H2,1H3,(H,24,25). The molecule has 0 spiro atoms. The minimum Gasteiger partial charge on any atom is -0.488 e. The average molecular weight is 365 g/mol. The molecular formula is C22H20FNO3. The van der Waals surface area contributed by atoms with Crippen LogP contribution in [0.25, 0.3) is 0 Å². The molecule has 3 aromatic rings. The van der Waals surface area contributed by atoms with Gasteiger partial charge in [0.15, 0.2) is 0 Å². The number of hydrogen-bond donors (Lipinski definition) is 1. The maximum Gasteiger partial charge on any atom is 0.259 e. The van der Waals surface area contributed by atoms with Gasteiger partial charge < -0.3 is 14.8 Å². The fraction of sp³-hybridized carbons (Fsp3) is 0.136. The highest BCUT2D eigenvalue weighted by Gasteiger charge is 2.13. The van der Waals surface area contributed by atoms with Gasteiger partial charge in [-0.1, -0.05) is 36.4 Å². The lowest BCUT2D eigenvalue weighted by Gasteiger charge is -2.12. The third-order valence-corrected chi connectivity index (χ3v) is 3.94. The highest BCUT2D eigenvalue weighted by Crippen LogP contribution is 2.21. The monoisotopic (exact) mass is 365 g/mol. The second-order valence-electron chi connectivity index (χ2n) is 6.00. The molecule has 3 aromatic carbocycles. The number of anilines is 1. The Bertz CT molecular complexity index is 909. The molecule has 3 rings (SSSR count). The summed E-state index contributed by atoms with van der Waals surface area (Å²) in [4.78, 5) is 12.7. The van der Waals surface area contributed by atoms with Crippen molar-refractivity contribution in [2.24, 2.45) is 0 Å². The van der Waals surface area contributed by atoms with Crippen molar-refractivity contribution in [2.45, 2.75) is 13.2 Å². The molecule has 4 nitrogen and oxygen atoms in total. The van der Waals surface area contributed by atoms with E-state index in [1.807, 2.05) is 24.3 Å². The van der Waals surface area contributed by atoms with Crippen LogP contribution in [0.5, 0.6) is 5.75 Å². The number of methoxy groups -OCH3 is 1. The maximum atomic E-state index is 13.0. The summed E-state index contributed by atoms with van der Waals surface area (Å²) in [5.41, 5.74) is 2.90. The summed E-state index contributed by atoms with van der Waals surface area (Å²) in [5, 5.41) is 2.88. The first kappa shape index (κ1) is 18.6. The lowest BCUT2D eigenvalue weighted by atomic mass is 10.1. The van der Waals surface area contributed by atoms with E-state index in [0.717, 1.165) is 11.1 Å². The Morgan fingerprint density at radius 1 is 0.926 bits per heavy atom. The first-order valence-electron chi connectivity index (χ1n) is 8.51. The van der Waals surface area contributed by atoms with Gasteiger partial charge in [-0.05, 0) is 47.5 Å². The Morgan fingerprint density at radius 3 is 2.48 bits per heavy atom. The van der Waals surface area contributed by atoms with Crippen molar-refractivity contribution in [3.8, 4) is 5.75 Å². The molecule has 0 heterocycles. The highest BCUT2D eigenvalue weighted by atomic mass is 19.1. The lowest BCUT2D eigenvalue weighted by molar-refractivity contribution is 0.102. The molecule has 138 valence electrons. The highest BCUT2D eigenvalue weighted by molar-refractivity contribution is 6.06. The second kappa shape index (κ2) is 8.96. The summed E-state index contributed by atoms with van der Waals surface area (Å²) >= 11 is 0. The van der Waals surface area contributed by atoms with Crippen molar-refractivity contribution in [1.82, 2.24) is 0 Å². The van der Waals surface area contributed by atoms with E-state index in [1.165, 1.54) is 12.1 Å². The number of amides is 1. The molecule has 0 saturated heterocycles. The first-order chi connectivity index (χ1) is 13.2. The Labute approximate surface area is 157 Å². The van der Waals surface area contributed by atoms with Crippen molar-refractivity contribution in [2.75, 3.05) is 12.4 Å². The van der Waals surface area contributed by atoms with Gasteiger partial charge in [0.1, 0.15) is 18.2 Å². The van der Waals surface area contributed by atoms with Gasteiger partial charge in [-0.15, -0.1) is 0 Å². The van der Waals surface area contributed by atoms with Gasteiger partial charge in [0.25, 0.3) is 5.91 Å². The van der Waals surface area contributed by atoms with Crippen molar-refractivity contribution in [3.05, 3.63) is 95.3 Å². The quantitative estimate of drug-likeness (QED) is 0.654. The Morgan fingerprint density at radius 2 is 1.70 bits per heavy atom. The van der Waals surface area contributed by atoms with Crippen LogP contribution >= 0.6 is 0 Å². The van der Waals surface area contributed by atoms with Crippen LogP contribution in [0, 0.1) is 5.82 Å². The van der Waals surface area contributed by atoms with E-state index in [1.54, 1.807) is 43.5 Å². The van der Waals surface area contributed by atoms with Gasteiger partial charge in [-0.25, -0.2) is 4.39 Å². The molecule has 0 aliphatic carbocycles. The summed E-state index contributed by atoms with van der Waals surface area (Å²) in [6, 6.07) is 20.6. The number of ether oxygens (including phenoxy) is 2. The SMILES string of the molecule is COCc1cccc(NC(=O)c2ccccc2OCc2ccc(F)cc2)c1. The van der Waals surface area contributed by atoms with Crippen LogP contribution in [0.1, 0.15) is 21.5 Å². The van der Waals surface area contributed by atoms with Crippen LogP contribution in [0.3, 0.4) is 0 Å². The topological polar surface area (TPSA) is 47.6 Å². The van der Waals surface area contributed by atoms with Crippen LogP contribution in [-0.2, 0) is 18.0 Å². The number of rotatable bonds is 7. The normalized spacial score (nSPS) is 10.4. The van der Waals surface area contributed by atoms with Crippen molar-refractivity contribution in [1.29, 1.82) is 0 Å². The number of nitrogens with one attached hydrogen (secondary N) is 1. The number of benzene rings is 3. The largest absolute Gasteiger partial charge is 0.488 e. The van der Waals surface area contributed by atoms with E-state index in [2.05, 4.69) is 5.32 Å². The number of carbonyl (C=O) groups is 1. The van der Waals surface area contributed by atoms with E-state index in [4.69, 9.17) is 9.47 Å². The molecule has 0 aliphatic rings. The molecule has 0 fully saturated rings. The van der Waals surface area contributed by atoms with E-state index in [9.17, 15) is 9.18 Å². The van der Waals surface area contributed by atoms with Gasteiger partial charge in [-0.2, -0.15) is 0 Å². The fourth-order valence-electron chi connectivity index (χ4n) is 2.63. The minimum absolute atomic E-state index is 0.244. The van der Waals surface area contributed by atoms with E-state index < -0.39 is 0 Å². The summed E-state index contributed by atoms with van der Waals surface area (Å²) in [6.45, 7) is 0.717. The zero-order valence-corrected chi connectivity index (χ0v) is 14.9. The molecule has 1 N–H and O–H groups in total. The van der Waals surface area contributed by atoms with Gasteiger partial charge in [0.2, 0.25) is 0 Å². The van der Waals surface area contributed by atoms with E-state index in [-0.39, 0.29) is 18.3 Å². The van der Waals surface area contributed by atoms with Crippen molar-refractivity contribution < 1.29 is 18.7 Å². The maximum absolute atomic E-state index is 13.0. The summed E-state index contributed by atoms with van der Waals surface area (Å²) in [6.07, 6.45) is 0. The molecule has 0 atom stereocenters. The zero-order valence-electron chi connectivity index (χ0n) is 14.9. The molecule has 5 heteroatoms. The number of halogens is 1. The summed E-state index contributed by atoms with van der Waals surface area (Å²) < 4.78 is 23.9. The molecular weight excluding hydrogens is 345 g/mol. The van der Waals surface area contributed by atoms with Crippen LogP contribution < -0.4 is 10.1 Å². The van der Waals surface area contributed by atoms with E-state index >= 15 is 0 Å². The first-order valence-corrected chi connectivity index (χ1v) is 8.51. The van der Waals surface area contributed by atoms with Crippen LogP contribution in [0.4, 0.5) is 10.1 Å². The Kier molecular flexibility index (Phi) is 6.18. The average Bonchev–Trinajstić information content (AvgIpc) is 2.68. The van der Waals surface area contributed by atoms with Crippen molar-refractivity contribution in [3.63, 3.8) is 0 Å². The molecule has 1 amide bonds. The number of hydrogen-bond acceptors (Lipinski definition) is 3. The Hall–Kier alpha value is -3.18. The van der Waals surface area contributed by atoms with Gasteiger partial charge in [0.05, 0.1) is 12.2 Å². The molecule has 0 bridgehead atoms.